The predicted molar refractivity (Wildman–Crippen MR) is 203 cm³/mol. The largest absolute Gasteiger partial charge is 0.463 e. The van der Waals surface area contributed by atoms with E-state index in [9.17, 15) is 24.9 Å². The molecule has 0 aliphatic heterocycles. The molecule has 0 bridgehead atoms. The van der Waals surface area contributed by atoms with E-state index in [1.807, 2.05) is 0 Å². The summed E-state index contributed by atoms with van der Waals surface area (Å²) < 4.78 is 10.2. The molecule has 0 amide bonds. The number of unbranched alkanes of at least 4 members (excludes halogenated alkanes) is 28. The number of hydrogen-bond donors (Lipinski definition) is 3. The van der Waals surface area contributed by atoms with E-state index >= 15 is 0 Å². The molecule has 3 atom stereocenters. The van der Waals surface area contributed by atoms with Gasteiger partial charge in [-0.2, -0.15) is 0 Å². The fourth-order valence-corrected chi connectivity index (χ4v) is 6.29. The van der Waals surface area contributed by atoms with E-state index in [4.69, 9.17) is 9.47 Å². The van der Waals surface area contributed by atoms with Gasteiger partial charge < -0.3 is 24.8 Å². The summed E-state index contributed by atoms with van der Waals surface area (Å²) in [6.07, 6.45) is 32.9. The van der Waals surface area contributed by atoms with Crippen LogP contribution in [0.5, 0.6) is 0 Å². The minimum Gasteiger partial charge on any atom is -0.463 e. The SMILES string of the molecule is C=C(OC(=O)CCCCCCCCCCCCCCCCC)[C@@H](O)[C@H](O)C(O)COC(=O)CCCCCCCCCCCCCCCCC. The molecule has 0 fully saturated rings. The lowest BCUT2D eigenvalue weighted by Crippen LogP contribution is -2.42. The van der Waals surface area contributed by atoms with Gasteiger partial charge in [0.15, 0.2) is 0 Å². The highest BCUT2D eigenvalue weighted by Crippen LogP contribution is 2.17. The normalized spacial score (nSPS) is 13.2. The van der Waals surface area contributed by atoms with Crippen LogP contribution in [0, 0.1) is 0 Å². The zero-order valence-corrected chi connectivity index (χ0v) is 32.2. The summed E-state index contributed by atoms with van der Waals surface area (Å²) in [4.78, 5) is 24.2. The van der Waals surface area contributed by atoms with Crippen LogP contribution >= 0.6 is 0 Å². The van der Waals surface area contributed by atoms with Crippen LogP contribution in [-0.4, -0.2) is 52.2 Å². The van der Waals surface area contributed by atoms with E-state index < -0.39 is 36.9 Å². The molecular formula is C42H80O7. The van der Waals surface area contributed by atoms with Crippen LogP contribution in [0.2, 0.25) is 0 Å². The third kappa shape index (κ3) is 32.2. The van der Waals surface area contributed by atoms with Crippen molar-refractivity contribution in [2.24, 2.45) is 0 Å². The minimum atomic E-state index is -1.69. The van der Waals surface area contributed by atoms with Crippen molar-refractivity contribution >= 4 is 11.9 Å². The number of aliphatic hydroxyl groups excluding tert-OH is 3. The summed E-state index contributed by atoms with van der Waals surface area (Å²) in [5.74, 6) is -1.28. The Morgan fingerprint density at radius 3 is 1.08 bits per heavy atom. The van der Waals surface area contributed by atoms with Gasteiger partial charge in [0.2, 0.25) is 0 Å². The summed E-state index contributed by atoms with van der Waals surface area (Å²) >= 11 is 0. The molecule has 0 heterocycles. The minimum absolute atomic E-state index is 0.208. The summed E-state index contributed by atoms with van der Waals surface area (Å²) in [6.45, 7) is 7.61. The van der Waals surface area contributed by atoms with E-state index in [1.54, 1.807) is 0 Å². The highest BCUT2D eigenvalue weighted by Gasteiger charge is 2.29. The van der Waals surface area contributed by atoms with Crippen LogP contribution in [0.4, 0.5) is 0 Å². The number of esters is 2. The van der Waals surface area contributed by atoms with Crippen molar-refractivity contribution in [3.63, 3.8) is 0 Å². The van der Waals surface area contributed by atoms with Gasteiger partial charge in [-0.05, 0) is 12.8 Å². The molecule has 0 aliphatic carbocycles. The third-order valence-corrected chi connectivity index (χ3v) is 9.68. The van der Waals surface area contributed by atoms with Gasteiger partial charge in [-0.25, -0.2) is 0 Å². The summed E-state index contributed by atoms with van der Waals surface area (Å²) in [5.41, 5.74) is 0. The molecule has 1 unspecified atom stereocenters. The Morgan fingerprint density at radius 1 is 0.469 bits per heavy atom. The molecule has 0 aromatic carbocycles. The Kier molecular flexibility index (Phi) is 35.3. The van der Waals surface area contributed by atoms with Crippen LogP contribution in [-0.2, 0) is 19.1 Å². The van der Waals surface area contributed by atoms with Crippen LogP contribution in [0.1, 0.15) is 219 Å². The first-order chi connectivity index (χ1) is 23.8. The van der Waals surface area contributed by atoms with Crippen molar-refractivity contribution in [1.82, 2.24) is 0 Å². The van der Waals surface area contributed by atoms with E-state index in [2.05, 4.69) is 20.4 Å². The Bertz CT molecular complexity index is 755. The van der Waals surface area contributed by atoms with Crippen molar-refractivity contribution < 1.29 is 34.4 Å². The summed E-state index contributed by atoms with van der Waals surface area (Å²) in [7, 11) is 0. The Hall–Kier alpha value is -1.44. The van der Waals surface area contributed by atoms with Crippen molar-refractivity contribution in [1.29, 1.82) is 0 Å². The van der Waals surface area contributed by atoms with E-state index in [0.29, 0.717) is 6.42 Å². The monoisotopic (exact) mass is 697 g/mol. The van der Waals surface area contributed by atoms with Gasteiger partial charge in [-0.15, -0.1) is 0 Å². The number of aliphatic hydroxyl groups is 3. The van der Waals surface area contributed by atoms with Gasteiger partial charge in [-0.1, -0.05) is 200 Å². The maximum atomic E-state index is 12.2. The van der Waals surface area contributed by atoms with Crippen molar-refractivity contribution in [3.8, 4) is 0 Å². The number of hydrogen-bond acceptors (Lipinski definition) is 7. The fourth-order valence-electron chi connectivity index (χ4n) is 6.29. The quantitative estimate of drug-likeness (QED) is 0.0334. The molecule has 3 N–H and O–H groups in total. The Morgan fingerprint density at radius 2 is 0.755 bits per heavy atom. The van der Waals surface area contributed by atoms with Crippen LogP contribution in [0.25, 0.3) is 0 Å². The second kappa shape index (κ2) is 36.4. The molecule has 0 saturated heterocycles. The first-order valence-corrected chi connectivity index (χ1v) is 20.9. The first-order valence-electron chi connectivity index (χ1n) is 20.9. The molecule has 0 saturated carbocycles. The molecule has 0 aromatic rings. The molecule has 7 nitrogen and oxygen atoms in total. The molecule has 290 valence electrons. The van der Waals surface area contributed by atoms with Crippen LogP contribution < -0.4 is 0 Å². The van der Waals surface area contributed by atoms with Crippen LogP contribution in [0.15, 0.2) is 12.3 Å². The number of rotatable bonds is 38. The van der Waals surface area contributed by atoms with Crippen molar-refractivity contribution in [2.45, 2.75) is 238 Å². The number of carbonyl (C=O) groups is 2. The summed E-state index contributed by atoms with van der Waals surface area (Å²) in [5, 5.41) is 30.8. The van der Waals surface area contributed by atoms with Crippen LogP contribution in [0.3, 0.4) is 0 Å². The maximum Gasteiger partial charge on any atom is 0.310 e. The van der Waals surface area contributed by atoms with E-state index in [1.165, 1.54) is 154 Å². The number of carbonyl (C=O) groups excluding carboxylic acids is 2. The second-order valence-corrected chi connectivity index (χ2v) is 14.5. The Balaban J connectivity index is 3.72. The first kappa shape index (κ1) is 47.6. The van der Waals surface area contributed by atoms with Crippen molar-refractivity contribution in [3.05, 3.63) is 12.3 Å². The molecule has 0 rings (SSSR count). The molecule has 49 heavy (non-hydrogen) atoms. The lowest BCUT2D eigenvalue weighted by Gasteiger charge is -2.23. The van der Waals surface area contributed by atoms with Gasteiger partial charge >= 0.3 is 11.9 Å². The van der Waals surface area contributed by atoms with Gasteiger partial charge in [-0.3, -0.25) is 9.59 Å². The zero-order chi connectivity index (χ0) is 36.2. The third-order valence-electron chi connectivity index (χ3n) is 9.68. The highest BCUT2D eigenvalue weighted by atomic mass is 16.6. The van der Waals surface area contributed by atoms with E-state index in [0.717, 1.165) is 32.1 Å². The zero-order valence-electron chi connectivity index (χ0n) is 32.2. The number of ether oxygens (including phenoxy) is 2. The lowest BCUT2D eigenvalue weighted by molar-refractivity contribution is -0.152. The topological polar surface area (TPSA) is 113 Å². The van der Waals surface area contributed by atoms with Crippen molar-refractivity contribution in [2.75, 3.05) is 6.61 Å². The maximum absolute atomic E-state index is 12.2. The second-order valence-electron chi connectivity index (χ2n) is 14.5. The molecule has 0 spiro atoms. The lowest BCUT2D eigenvalue weighted by atomic mass is 10.0. The molecule has 0 aliphatic rings. The summed E-state index contributed by atoms with van der Waals surface area (Å²) in [6, 6.07) is 0. The molecule has 7 heteroatoms. The fraction of sp³-hybridized carbons (Fsp3) is 0.905. The Labute approximate surface area is 302 Å². The van der Waals surface area contributed by atoms with E-state index in [-0.39, 0.29) is 18.6 Å². The molecule has 0 aromatic heterocycles. The standard InChI is InChI=1S/C42H80O7/c1-4-6-8-10-12-14-16-18-20-22-24-26-28-30-32-34-39(44)48-36-38(43)42(47)41(46)37(3)49-40(45)35-33-31-29-27-25-23-21-19-17-15-13-11-9-7-5-2/h38,41-43,46-47H,3-36H2,1-2H3/t38?,41-,42-/m1/s1. The van der Waals surface area contributed by atoms with Gasteiger partial charge in [0, 0.05) is 12.8 Å². The molecule has 0 radical (unpaired) electrons. The average molecular weight is 697 g/mol. The highest BCUT2D eigenvalue weighted by molar-refractivity contribution is 5.70. The van der Waals surface area contributed by atoms with Gasteiger partial charge in [0.1, 0.15) is 30.7 Å². The van der Waals surface area contributed by atoms with Gasteiger partial charge in [0.25, 0.3) is 0 Å². The predicted octanol–water partition coefficient (Wildman–Crippen LogP) is 11.2. The molecular weight excluding hydrogens is 616 g/mol. The smallest absolute Gasteiger partial charge is 0.310 e. The van der Waals surface area contributed by atoms with Gasteiger partial charge in [0.05, 0.1) is 0 Å². The average Bonchev–Trinajstić information content (AvgIpc) is 3.09.